The zero-order chi connectivity index (χ0) is 36.9. The standard InChI is InChI=1S/C52H37N3/c1-34-17-29-50-46(31-34)47-32-35(2)18-30-51(47)55(50)41-25-23-38(24-26-41)42-27-28-45(44-16-10-9-15-43(42)44)49-33-48(53-52(54-49)40-13-7-4-8-14-40)39-21-19-37(20-22-39)36-11-5-3-6-12-36/h3-33H,1-2H3. The van der Waals surface area contributed by atoms with Crippen LogP contribution in [0.1, 0.15) is 11.1 Å². The Bertz CT molecular complexity index is 2950. The molecule has 0 saturated heterocycles. The molecule has 0 amide bonds. The van der Waals surface area contributed by atoms with Crippen molar-refractivity contribution in [1.29, 1.82) is 0 Å². The molecular formula is C52H37N3. The third-order valence-electron chi connectivity index (χ3n) is 10.8. The third-order valence-corrected chi connectivity index (χ3v) is 10.8. The average Bonchev–Trinajstić information content (AvgIpc) is 3.56. The molecule has 0 N–H and O–H groups in total. The molecule has 0 spiro atoms. The van der Waals surface area contributed by atoms with Gasteiger partial charge in [-0.15, -0.1) is 0 Å². The highest BCUT2D eigenvalue weighted by atomic mass is 15.0. The number of hydrogen-bond donors (Lipinski definition) is 0. The van der Waals surface area contributed by atoms with E-state index in [4.69, 9.17) is 9.97 Å². The van der Waals surface area contributed by atoms with Gasteiger partial charge in [-0.25, -0.2) is 9.97 Å². The van der Waals surface area contributed by atoms with Crippen LogP contribution in [-0.4, -0.2) is 14.5 Å². The zero-order valence-electron chi connectivity index (χ0n) is 30.7. The summed E-state index contributed by atoms with van der Waals surface area (Å²) in [6, 6.07) is 67.2. The molecule has 2 heterocycles. The Kier molecular flexibility index (Phi) is 7.92. The van der Waals surface area contributed by atoms with Crippen LogP contribution in [0, 0.1) is 13.8 Å². The molecule has 260 valence electrons. The van der Waals surface area contributed by atoms with Crippen LogP contribution in [0.5, 0.6) is 0 Å². The van der Waals surface area contributed by atoms with Crippen molar-refractivity contribution in [2.45, 2.75) is 13.8 Å². The molecule has 3 nitrogen and oxygen atoms in total. The Morgan fingerprint density at radius 3 is 1.47 bits per heavy atom. The molecular weight excluding hydrogens is 667 g/mol. The maximum absolute atomic E-state index is 5.20. The number of fused-ring (bicyclic) bond motifs is 4. The summed E-state index contributed by atoms with van der Waals surface area (Å²) in [7, 11) is 0. The molecule has 10 rings (SSSR count). The van der Waals surface area contributed by atoms with E-state index >= 15 is 0 Å². The van der Waals surface area contributed by atoms with E-state index in [1.807, 2.05) is 24.3 Å². The van der Waals surface area contributed by atoms with Crippen LogP contribution in [0.3, 0.4) is 0 Å². The second kappa shape index (κ2) is 13.4. The van der Waals surface area contributed by atoms with Gasteiger partial charge in [0.1, 0.15) is 0 Å². The molecule has 3 heteroatoms. The molecule has 0 atom stereocenters. The Balaban J connectivity index is 1.07. The zero-order valence-corrected chi connectivity index (χ0v) is 30.7. The van der Waals surface area contributed by atoms with E-state index in [2.05, 4.69) is 182 Å². The van der Waals surface area contributed by atoms with E-state index in [0.29, 0.717) is 5.82 Å². The predicted molar refractivity (Wildman–Crippen MR) is 231 cm³/mol. The molecule has 55 heavy (non-hydrogen) atoms. The summed E-state index contributed by atoms with van der Waals surface area (Å²) < 4.78 is 2.39. The van der Waals surface area contributed by atoms with E-state index in [9.17, 15) is 0 Å². The first-order valence-corrected chi connectivity index (χ1v) is 18.8. The number of rotatable bonds is 6. The monoisotopic (exact) mass is 703 g/mol. The van der Waals surface area contributed by atoms with Crippen LogP contribution in [0.4, 0.5) is 0 Å². The summed E-state index contributed by atoms with van der Waals surface area (Å²) in [4.78, 5) is 10.3. The van der Waals surface area contributed by atoms with Crippen molar-refractivity contribution in [2.75, 3.05) is 0 Å². The minimum atomic E-state index is 0.708. The van der Waals surface area contributed by atoms with Crippen molar-refractivity contribution in [3.8, 4) is 61.8 Å². The Hall–Kier alpha value is -7.10. The highest BCUT2D eigenvalue weighted by molar-refractivity contribution is 6.10. The Labute approximate surface area is 320 Å². The van der Waals surface area contributed by atoms with Crippen LogP contribution < -0.4 is 0 Å². The van der Waals surface area contributed by atoms with Crippen molar-refractivity contribution in [1.82, 2.24) is 14.5 Å². The minimum Gasteiger partial charge on any atom is -0.309 e. The summed E-state index contributed by atoms with van der Waals surface area (Å²) in [6.07, 6.45) is 0. The van der Waals surface area contributed by atoms with Crippen molar-refractivity contribution >= 4 is 32.6 Å². The molecule has 0 bridgehead atoms. The lowest BCUT2D eigenvalue weighted by atomic mass is 9.93. The minimum absolute atomic E-state index is 0.708. The van der Waals surface area contributed by atoms with E-state index in [-0.39, 0.29) is 0 Å². The van der Waals surface area contributed by atoms with Gasteiger partial charge in [0.2, 0.25) is 0 Å². The number of hydrogen-bond acceptors (Lipinski definition) is 2. The lowest BCUT2D eigenvalue weighted by molar-refractivity contribution is 1.18. The first kappa shape index (κ1) is 32.5. The van der Waals surface area contributed by atoms with Gasteiger partial charge in [-0.2, -0.15) is 0 Å². The van der Waals surface area contributed by atoms with Crippen molar-refractivity contribution in [3.05, 3.63) is 199 Å². The van der Waals surface area contributed by atoms with Gasteiger partial charge in [0.05, 0.1) is 22.4 Å². The maximum Gasteiger partial charge on any atom is 0.160 e. The number of aromatic nitrogens is 3. The fraction of sp³-hybridized carbons (Fsp3) is 0.0385. The van der Waals surface area contributed by atoms with Crippen LogP contribution in [-0.2, 0) is 0 Å². The van der Waals surface area contributed by atoms with Crippen molar-refractivity contribution in [2.24, 2.45) is 0 Å². The van der Waals surface area contributed by atoms with E-state index < -0.39 is 0 Å². The Morgan fingerprint density at radius 1 is 0.345 bits per heavy atom. The van der Waals surface area contributed by atoms with Crippen LogP contribution in [0.2, 0.25) is 0 Å². The van der Waals surface area contributed by atoms with Crippen molar-refractivity contribution in [3.63, 3.8) is 0 Å². The first-order valence-electron chi connectivity index (χ1n) is 18.8. The normalized spacial score (nSPS) is 11.5. The second-order valence-corrected chi connectivity index (χ2v) is 14.4. The topological polar surface area (TPSA) is 30.7 Å². The molecule has 0 unspecified atom stereocenters. The van der Waals surface area contributed by atoms with E-state index in [1.54, 1.807) is 0 Å². The van der Waals surface area contributed by atoms with Crippen LogP contribution in [0.25, 0.3) is 94.4 Å². The molecule has 0 fully saturated rings. The SMILES string of the molecule is Cc1ccc2c(c1)c1cc(C)ccc1n2-c1ccc(-c2ccc(-c3cc(-c4ccc(-c5ccccc5)cc4)nc(-c4ccccc4)n3)c3ccccc23)cc1. The molecule has 2 aromatic heterocycles. The van der Waals surface area contributed by atoms with Gasteiger partial charge in [-0.3, -0.25) is 0 Å². The van der Waals surface area contributed by atoms with Crippen molar-refractivity contribution < 1.29 is 0 Å². The smallest absolute Gasteiger partial charge is 0.160 e. The molecule has 0 aliphatic heterocycles. The highest BCUT2D eigenvalue weighted by Crippen LogP contribution is 2.39. The Morgan fingerprint density at radius 2 is 0.836 bits per heavy atom. The van der Waals surface area contributed by atoms with Gasteiger partial charge < -0.3 is 4.57 Å². The molecule has 0 saturated carbocycles. The lowest BCUT2D eigenvalue weighted by Gasteiger charge is -2.15. The summed E-state index contributed by atoms with van der Waals surface area (Å²) in [6.45, 7) is 4.33. The van der Waals surface area contributed by atoms with Crippen LogP contribution in [0.15, 0.2) is 188 Å². The number of aryl methyl sites for hydroxylation is 2. The fourth-order valence-electron chi connectivity index (χ4n) is 8.01. The summed E-state index contributed by atoms with van der Waals surface area (Å²) in [5.41, 5.74) is 15.8. The molecule has 8 aromatic carbocycles. The predicted octanol–water partition coefficient (Wildman–Crippen LogP) is 13.7. The molecule has 0 aliphatic carbocycles. The molecule has 10 aromatic rings. The van der Waals surface area contributed by atoms with Gasteiger partial charge in [-0.1, -0.05) is 157 Å². The molecule has 0 aliphatic rings. The van der Waals surface area contributed by atoms with Gasteiger partial charge in [0.15, 0.2) is 5.82 Å². The number of nitrogens with zero attached hydrogens (tertiary/aromatic N) is 3. The second-order valence-electron chi connectivity index (χ2n) is 14.4. The van der Waals surface area contributed by atoms with Gasteiger partial charge in [0, 0.05) is 33.2 Å². The summed E-state index contributed by atoms with van der Waals surface area (Å²) in [5, 5.41) is 4.92. The third kappa shape index (κ3) is 5.87. The fourth-order valence-corrected chi connectivity index (χ4v) is 8.01. The highest BCUT2D eigenvalue weighted by Gasteiger charge is 2.17. The van der Waals surface area contributed by atoms with Gasteiger partial charge >= 0.3 is 0 Å². The summed E-state index contributed by atoms with van der Waals surface area (Å²) >= 11 is 0. The summed E-state index contributed by atoms with van der Waals surface area (Å²) in [5.74, 6) is 0.708. The largest absolute Gasteiger partial charge is 0.309 e. The first-order chi connectivity index (χ1) is 27.1. The van der Waals surface area contributed by atoms with E-state index in [1.165, 1.54) is 60.6 Å². The molecule has 0 radical (unpaired) electrons. The number of benzene rings is 8. The average molecular weight is 704 g/mol. The van der Waals surface area contributed by atoms with Gasteiger partial charge in [0.25, 0.3) is 0 Å². The van der Waals surface area contributed by atoms with E-state index in [0.717, 1.165) is 39.2 Å². The quantitative estimate of drug-likeness (QED) is 0.173. The maximum atomic E-state index is 5.20. The van der Waals surface area contributed by atoms with Gasteiger partial charge in [-0.05, 0) is 89.3 Å². The van der Waals surface area contributed by atoms with Crippen LogP contribution >= 0.6 is 0 Å². The lowest BCUT2D eigenvalue weighted by Crippen LogP contribution is -1.97.